The van der Waals surface area contributed by atoms with E-state index in [0.29, 0.717) is 24.7 Å². The monoisotopic (exact) mass is 382 g/mol. The number of carbonyl (C=O) groups excluding carboxylic acids is 1. The average molecular weight is 383 g/mol. The Kier molecular flexibility index (Phi) is 6.82. The van der Waals surface area contributed by atoms with E-state index in [1.54, 1.807) is 7.11 Å². The van der Waals surface area contributed by atoms with Gasteiger partial charge in [-0.15, -0.1) is 0 Å². The van der Waals surface area contributed by atoms with Crippen molar-refractivity contribution in [2.24, 2.45) is 0 Å². The molecule has 2 fully saturated rings. The Morgan fingerprint density at radius 2 is 1.92 bits per heavy atom. The molecule has 0 radical (unpaired) electrons. The molecule has 0 aromatic heterocycles. The van der Waals surface area contributed by atoms with Crippen molar-refractivity contribution in [2.75, 3.05) is 77.6 Å². The van der Waals surface area contributed by atoms with Crippen LogP contribution in [0.25, 0.3) is 0 Å². The van der Waals surface area contributed by atoms with Crippen molar-refractivity contribution in [1.29, 1.82) is 0 Å². The normalized spacial score (nSPS) is 18.7. The minimum atomic E-state index is 0.0102. The van der Waals surface area contributed by atoms with Crippen LogP contribution < -0.4 is 15.0 Å². The average Bonchev–Trinajstić information content (AvgIpc) is 2.69. The molecule has 8 heteroatoms. The van der Waals surface area contributed by atoms with Crippen molar-refractivity contribution in [1.82, 2.24) is 15.1 Å². The van der Waals surface area contributed by atoms with Crippen LogP contribution >= 0.6 is 11.6 Å². The first-order chi connectivity index (χ1) is 12.7. The second-order valence-corrected chi connectivity index (χ2v) is 6.91. The Balaban J connectivity index is 1.44. The van der Waals surface area contributed by atoms with E-state index in [-0.39, 0.29) is 6.03 Å². The van der Waals surface area contributed by atoms with E-state index in [4.69, 9.17) is 21.1 Å². The van der Waals surface area contributed by atoms with Gasteiger partial charge >= 0.3 is 6.03 Å². The number of morpholine rings is 1. The van der Waals surface area contributed by atoms with Crippen LogP contribution in [0.3, 0.4) is 0 Å². The molecule has 2 amide bonds. The summed E-state index contributed by atoms with van der Waals surface area (Å²) in [6.45, 7) is 7.85. The van der Waals surface area contributed by atoms with Gasteiger partial charge in [-0.05, 0) is 18.2 Å². The van der Waals surface area contributed by atoms with Gasteiger partial charge in [-0.25, -0.2) is 4.79 Å². The molecule has 7 nitrogen and oxygen atoms in total. The van der Waals surface area contributed by atoms with Crippen molar-refractivity contribution in [3.8, 4) is 5.75 Å². The maximum Gasteiger partial charge on any atom is 0.317 e. The van der Waals surface area contributed by atoms with Gasteiger partial charge < -0.3 is 24.6 Å². The molecular weight excluding hydrogens is 356 g/mol. The number of anilines is 1. The fraction of sp³-hybridized carbons (Fsp3) is 0.611. The molecule has 3 rings (SSSR count). The first kappa shape index (κ1) is 19.1. The summed E-state index contributed by atoms with van der Waals surface area (Å²) in [5.74, 6) is 0.804. The lowest BCUT2D eigenvalue weighted by Crippen LogP contribution is -2.53. The molecular formula is C18H27ClN4O3. The summed E-state index contributed by atoms with van der Waals surface area (Å²) in [6, 6.07) is 5.62. The zero-order valence-corrected chi connectivity index (χ0v) is 16.0. The molecule has 26 heavy (non-hydrogen) atoms. The number of benzene rings is 1. The third-order valence-electron chi connectivity index (χ3n) is 4.86. The third kappa shape index (κ3) is 4.93. The Bertz CT molecular complexity index is 602. The molecule has 2 aliphatic rings. The fourth-order valence-corrected chi connectivity index (χ4v) is 3.48. The van der Waals surface area contributed by atoms with Crippen molar-refractivity contribution in [2.45, 2.75) is 0 Å². The van der Waals surface area contributed by atoms with E-state index in [2.05, 4.69) is 15.1 Å². The van der Waals surface area contributed by atoms with Gasteiger partial charge in [0.1, 0.15) is 5.75 Å². The van der Waals surface area contributed by atoms with Crippen LogP contribution in [0.2, 0.25) is 5.02 Å². The zero-order chi connectivity index (χ0) is 18.4. The fourth-order valence-electron chi connectivity index (χ4n) is 3.32. The largest absolute Gasteiger partial charge is 0.495 e. The van der Waals surface area contributed by atoms with Crippen LogP contribution in [0.5, 0.6) is 5.75 Å². The van der Waals surface area contributed by atoms with Crippen LogP contribution in [-0.4, -0.2) is 88.5 Å². The summed E-state index contributed by atoms with van der Waals surface area (Å²) in [7, 11) is 1.66. The van der Waals surface area contributed by atoms with Crippen LogP contribution in [0, 0.1) is 0 Å². The van der Waals surface area contributed by atoms with Gasteiger partial charge in [-0.1, -0.05) is 11.6 Å². The van der Waals surface area contributed by atoms with E-state index in [0.717, 1.165) is 57.4 Å². The van der Waals surface area contributed by atoms with Gasteiger partial charge in [-0.2, -0.15) is 0 Å². The maximum absolute atomic E-state index is 12.4. The summed E-state index contributed by atoms with van der Waals surface area (Å²) in [6.07, 6.45) is 0. The summed E-state index contributed by atoms with van der Waals surface area (Å²) in [4.78, 5) is 18.8. The highest BCUT2D eigenvalue weighted by atomic mass is 35.5. The Morgan fingerprint density at radius 1 is 1.19 bits per heavy atom. The zero-order valence-electron chi connectivity index (χ0n) is 15.2. The molecule has 144 valence electrons. The number of hydrogen-bond acceptors (Lipinski definition) is 5. The molecule has 0 aliphatic carbocycles. The molecule has 1 aromatic carbocycles. The second-order valence-electron chi connectivity index (χ2n) is 6.48. The van der Waals surface area contributed by atoms with Crippen LogP contribution in [0.1, 0.15) is 0 Å². The Labute approximate surface area is 159 Å². The number of halogens is 1. The maximum atomic E-state index is 12.4. The molecule has 0 saturated carbocycles. The predicted octanol–water partition coefficient (Wildman–Crippen LogP) is 1.51. The number of piperazine rings is 1. The SMILES string of the molecule is COc1ccc(Cl)cc1N1CCN(C(=O)NCCN2CCOCC2)CC1. The van der Waals surface area contributed by atoms with Crippen LogP contribution in [0.4, 0.5) is 10.5 Å². The Morgan fingerprint density at radius 3 is 2.62 bits per heavy atom. The number of hydrogen-bond donors (Lipinski definition) is 1. The predicted molar refractivity (Wildman–Crippen MR) is 102 cm³/mol. The molecule has 0 bridgehead atoms. The van der Waals surface area contributed by atoms with E-state index < -0.39 is 0 Å². The van der Waals surface area contributed by atoms with E-state index in [1.165, 1.54) is 0 Å². The smallest absolute Gasteiger partial charge is 0.317 e. The van der Waals surface area contributed by atoms with Crippen LogP contribution in [0.15, 0.2) is 18.2 Å². The van der Waals surface area contributed by atoms with Crippen molar-refractivity contribution < 1.29 is 14.3 Å². The first-order valence-corrected chi connectivity index (χ1v) is 9.46. The number of amides is 2. The quantitative estimate of drug-likeness (QED) is 0.836. The number of carbonyl (C=O) groups is 1. The first-order valence-electron chi connectivity index (χ1n) is 9.09. The minimum Gasteiger partial charge on any atom is -0.495 e. The number of methoxy groups -OCH3 is 1. The number of urea groups is 1. The van der Waals surface area contributed by atoms with Crippen LogP contribution in [-0.2, 0) is 4.74 Å². The standard InChI is InChI=1S/C18H27ClN4O3/c1-25-17-3-2-15(19)14-16(17)22-6-8-23(9-7-22)18(24)20-4-5-21-10-12-26-13-11-21/h2-3,14H,4-13H2,1H3,(H,20,24). The van der Waals surface area contributed by atoms with Crippen molar-refractivity contribution >= 4 is 23.3 Å². The highest BCUT2D eigenvalue weighted by Crippen LogP contribution is 2.31. The summed E-state index contributed by atoms with van der Waals surface area (Å²) in [5, 5.41) is 3.71. The lowest BCUT2D eigenvalue weighted by Gasteiger charge is -2.36. The topological polar surface area (TPSA) is 57.3 Å². The molecule has 2 heterocycles. The minimum absolute atomic E-state index is 0.0102. The summed E-state index contributed by atoms with van der Waals surface area (Å²) in [5.41, 5.74) is 0.979. The second kappa shape index (κ2) is 9.30. The molecule has 0 unspecified atom stereocenters. The molecule has 0 spiro atoms. The third-order valence-corrected chi connectivity index (χ3v) is 5.09. The van der Waals surface area contributed by atoms with Gasteiger partial charge in [0.25, 0.3) is 0 Å². The van der Waals surface area contributed by atoms with Gasteiger partial charge in [-0.3, -0.25) is 4.90 Å². The van der Waals surface area contributed by atoms with Crippen molar-refractivity contribution in [3.05, 3.63) is 23.2 Å². The summed E-state index contributed by atoms with van der Waals surface area (Å²) >= 11 is 6.12. The van der Waals surface area contributed by atoms with E-state index >= 15 is 0 Å². The van der Waals surface area contributed by atoms with E-state index in [9.17, 15) is 4.79 Å². The highest BCUT2D eigenvalue weighted by molar-refractivity contribution is 6.30. The number of ether oxygens (including phenoxy) is 2. The molecule has 1 aromatic rings. The van der Waals surface area contributed by atoms with E-state index in [1.807, 2.05) is 23.1 Å². The molecule has 2 saturated heterocycles. The van der Waals surface area contributed by atoms with Gasteiger partial charge in [0.05, 0.1) is 26.0 Å². The number of nitrogens with zero attached hydrogens (tertiary/aromatic N) is 3. The number of nitrogens with one attached hydrogen (secondary N) is 1. The molecule has 2 aliphatic heterocycles. The lowest BCUT2D eigenvalue weighted by atomic mass is 10.2. The Hall–Kier alpha value is -1.70. The molecule has 1 N–H and O–H groups in total. The lowest BCUT2D eigenvalue weighted by molar-refractivity contribution is 0.0386. The van der Waals surface area contributed by atoms with Gasteiger partial charge in [0, 0.05) is 57.4 Å². The van der Waals surface area contributed by atoms with Gasteiger partial charge in [0.15, 0.2) is 0 Å². The van der Waals surface area contributed by atoms with Gasteiger partial charge in [0.2, 0.25) is 0 Å². The summed E-state index contributed by atoms with van der Waals surface area (Å²) < 4.78 is 10.8. The molecule has 0 atom stereocenters. The van der Waals surface area contributed by atoms with Crippen molar-refractivity contribution in [3.63, 3.8) is 0 Å². The number of rotatable bonds is 5. The highest BCUT2D eigenvalue weighted by Gasteiger charge is 2.23.